The Kier molecular flexibility index (Phi) is 1.61. The molecule has 62 valence electrons. The largest absolute Gasteiger partial charge is 0.550 e. The first-order valence-electron chi connectivity index (χ1n) is 4.05. The molecule has 1 saturated carbocycles. The highest BCUT2D eigenvalue weighted by atomic mass is 16.4. The van der Waals surface area contributed by atoms with Gasteiger partial charge in [-0.25, -0.2) is 0 Å². The lowest BCUT2D eigenvalue weighted by atomic mass is 10.1. The van der Waals surface area contributed by atoms with Crippen LogP contribution in [0.2, 0.25) is 0 Å². The van der Waals surface area contributed by atoms with Gasteiger partial charge in [0.1, 0.15) is 0 Å². The lowest BCUT2D eigenvalue weighted by molar-refractivity contribution is -0.308. The summed E-state index contributed by atoms with van der Waals surface area (Å²) >= 11 is 0. The minimum Gasteiger partial charge on any atom is -0.550 e. The fraction of sp³-hybridized carbons (Fsp3) is 0.300. The Balaban J connectivity index is 2.11. The second-order valence-corrected chi connectivity index (χ2v) is 3.18. The second kappa shape index (κ2) is 2.63. The summed E-state index contributed by atoms with van der Waals surface area (Å²) in [5, 5.41) is 10.4. The Morgan fingerprint density at radius 1 is 1.33 bits per heavy atom. The third kappa shape index (κ3) is 1.20. The molecule has 2 atom stereocenters. The smallest absolute Gasteiger partial charge is 0.0451 e. The fourth-order valence-electron chi connectivity index (χ4n) is 1.52. The summed E-state index contributed by atoms with van der Waals surface area (Å²) in [6.07, 6.45) is 0.742. The van der Waals surface area contributed by atoms with Gasteiger partial charge in [0.2, 0.25) is 0 Å². The van der Waals surface area contributed by atoms with Gasteiger partial charge in [-0.2, -0.15) is 0 Å². The summed E-state index contributed by atoms with van der Waals surface area (Å²) in [6.45, 7) is 0. The molecule has 1 aliphatic carbocycles. The summed E-state index contributed by atoms with van der Waals surface area (Å²) in [5.41, 5.74) is 1.12. The van der Waals surface area contributed by atoms with Crippen molar-refractivity contribution in [2.75, 3.05) is 0 Å². The quantitative estimate of drug-likeness (QED) is 0.635. The zero-order valence-electron chi connectivity index (χ0n) is 6.57. The van der Waals surface area contributed by atoms with Crippen LogP contribution in [0.25, 0.3) is 0 Å². The Bertz CT molecular complexity index is 292. The molecule has 0 aliphatic heterocycles. The standard InChI is InChI=1S/C10H10O2/c11-10(12)9-6-8(9)7-4-2-1-3-5-7/h1-5,8-9H,6H2,(H,11,12)/p-1/t8?,9-/m1/s1. The van der Waals surface area contributed by atoms with Crippen molar-refractivity contribution in [2.24, 2.45) is 5.92 Å². The number of carboxylic acid groups (broad SMARTS) is 1. The molecule has 0 spiro atoms. The molecule has 0 radical (unpaired) electrons. The van der Waals surface area contributed by atoms with E-state index in [4.69, 9.17) is 0 Å². The third-order valence-corrected chi connectivity index (χ3v) is 2.32. The highest BCUT2D eigenvalue weighted by Crippen LogP contribution is 2.46. The molecule has 1 fully saturated rings. The van der Waals surface area contributed by atoms with Crippen LogP contribution >= 0.6 is 0 Å². The topological polar surface area (TPSA) is 40.1 Å². The van der Waals surface area contributed by atoms with Crippen LogP contribution in [0.15, 0.2) is 30.3 Å². The van der Waals surface area contributed by atoms with Crippen LogP contribution in [0, 0.1) is 5.92 Å². The van der Waals surface area contributed by atoms with Gasteiger partial charge in [0.25, 0.3) is 0 Å². The molecule has 1 unspecified atom stereocenters. The van der Waals surface area contributed by atoms with Crippen LogP contribution in [-0.2, 0) is 4.79 Å². The van der Waals surface area contributed by atoms with E-state index in [9.17, 15) is 9.90 Å². The molecule has 0 N–H and O–H groups in total. The second-order valence-electron chi connectivity index (χ2n) is 3.18. The molecule has 12 heavy (non-hydrogen) atoms. The van der Waals surface area contributed by atoms with Gasteiger partial charge in [0, 0.05) is 11.9 Å². The lowest BCUT2D eigenvalue weighted by Crippen LogP contribution is -2.24. The molecule has 0 heterocycles. The maximum Gasteiger partial charge on any atom is 0.0451 e. The average molecular weight is 161 g/mol. The Morgan fingerprint density at radius 3 is 2.50 bits per heavy atom. The van der Waals surface area contributed by atoms with Crippen LogP contribution in [0.5, 0.6) is 0 Å². The van der Waals surface area contributed by atoms with E-state index in [0.717, 1.165) is 12.0 Å². The van der Waals surface area contributed by atoms with E-state index in [1.54, 1.807) is 0 Å². The molecular formula is C10H9O2-. The van der Waals surface area contributed by atoms with E-state index in [2.05, 4.69) is 0 Å². The van der Waals surface area contributed by atoms with Crippen molar-refractivity contribution < 1.29 is 9.90 Å². The van der Waals surface area contributed by atoms with Gasteiger partial charge < -0.3 is 9.90 Å². The van der Waals surface area contributed by atoms with Crippen molar-refractivity contribution in [2.45, 2.75) is 12.3 Å². The predicted molar refractivity (Wildman–Crippen MR) is 42.3 cm³/mol. The van der Waals surface area contributed by atoms with Gasteiger partial charge in [0.15, 0.2) is 0 Å². The Hall–Kier alpha value is -1.31. The van der Waals surface area contributed by atoms with Gasteiger partial charge in [-0.05, 0) is 17.9 Å². The molecule has 0 bridgehead atoms. The predicted octanol–water partition coefficient (Wildman–Crippen LogP) is 0.540. The molecule has 1 aromatic rings. The molecule has 2 rings (SSSR count). The van der Waals surface area contributed by atoms with Gasteiger partial charge in [-0.1, -0.05) is 30.3 Å². The van der Waals surface area contributed by atoms with Crippen molar-refractivity contribution in [3.63, 3.8) is 0 Å². The van der Waals surface area contributed by atoms with Crippen LogP contribution in [0.4, 0.5) is 0 Å². The minimum atomic E-state index is -0.913. The van der Waals surface area contributed by atoms with E-state index in [1.165, 1.54) is 0 Å². The van der Waals surface area contributed by atoms with Gasteiger partial charge in [-0.15, -0.1) is 0 Å². The molecule has 2 heteroatoms. The number of hydrogen-bond acceptors (Lipinski definition) is 2. The van der Waals surface area contributed by atoms with Gasteiger partial charge in [-0.3, -0.25) is 0 Å². The van der Waals surface area contributed by atoms with E-state index >= 15 is 0 Å². The zero-order valence-corrected chi connectivity index (χ0v) is 6.57. The van der Waals surface area contributed by atoms with Crippen molar-refractivity contribution in [3.05, 3.63) is 35.9 Å². The molecule has 0 saturated heterocycles. The summed E-state index contributed by atoms with van der Waals surface area (Å²) in [7, 11) is 0. The summed E-state index contributed by atoms with van der Waals surface area (Å²) in [4.78, 5) is 10.4. The van der Waals surface area contributed by atoms with Crippen LogP contribution in [-0.4, -0.2) is 5.97 Å². The van der Waals surface area contributed by atoms with E-state index in [1.807, 2.05) is 30.3 Å². The molecule has 1 aliphatic rings. The first-order valence-corrected chi connectivity index (χ1v) is 4.05. The van der Waals surface area contributed by atoms with Gasteiger partial charge in [0.05, 0.1) is 0 Å². The monoisotopic (exact) mass is 161 g/mol. The third-order valence-electron chi connectivity index (χ3n) is 2.32. The lowest BCUT2D eigenvalue weighted by Gasteiger charge is -2.00. The average Bonchev–Trinajstić information content (AvgIpc) is 2.84. The SMILES string of the molecule is O=C([O-])[C@@H]1CC1c1ccccc1. The first kappa shape index (κ1) is 7.35. The normalized spacial score (nSPS) is 26.7. The number of carbonyl (C=O) groups is 1. The maximum atomic E-state index is 10.4. The number of hydrogen-bond donors (Lipinski definition) is 0. The molecule has 1 aromatic carbocycles. The Labute approximate surface area is 70.8 Å². The molecule has 0 aromatic heterocycles. The molecule has 0 amide bonds. The summed E-state index contributed by atoms with van der Waals surface area (Å²) in [6, 6.07) is 9.72. The highest BCUT2D eigenvalue weighted by molar-refractivity contribution is 5.73. The van der Waals surface area contributed by atoms with Crippen molar-refractivity contribution in [3.8, 4) is 0 Å². The number of carboxylic acids is 1. The summed E-state index contributed by atoms with van der Waals surface area (Å²) in [5.74, 6) is -0.951. The fourth-order valence-corrected chi connectivity index (χ4v) is 1.52. The van der Waals surface area contributed by atoms with Crippen molar-refractivity contribution in [1.29, 1.82) is 0 Å². The minimum absolute atomic E-state index is 0.205. The van der Waals surface area contributed by atoms with E-state index < -0.39 is 5.97 Å². The Morgan fingerprint density at radius 2 is 2.00 bits per heavy atom. The molecule has 2 nitrogen and oxygen atoms in total. The zero-order chi connectivity index (χ0) is 8.55. The number of benzene rings is 1. The van der Waals surface area contributed by atoms with Crippen molar-refractivity contribution in [1.82, 2.24) is 0 Å². The van der Waals surface area contributed by atoms with Crippen LogP contribution in [0.1, 0.15) is 17.9 Å². The first-order chi connectivity index (χ1) is 5.79. The maximum absolute atomic E-state index is 10.4. The van der Waals surface area contributed by atoms with Crippen molar-refractivity contribution >= 4 is 5.97 Å². The van der Waals surface area contributed by atoms with Crippen LogP contribution < -0.4 is 5.11 Å². The van der Waals surface area contributed by atoms with E-state index in [0.29, 0.717) is 0 Å². The number of rotatable bonds is 2. The summed E-state index contributed by atoms with van der Waals surface area (Å²) < 4.78 is 0. The number of carbonyl (C=O) groups excluding carboxylic acids is 1. The molecular weight excluding hydrogens is 152 g/mol. The van der Waals surface area contributed by atoms with E-state index in [-0.39, 0.29) is 11.8 Å². The van der Waals surface area contributed by atoms with Crippen LogP contribution in [0.3, 0.4) is 0 Å². The van der Waals surface area contributed by atoms with Gasteiger partial charge >= 0.3 is 0 Å². The number of aliphatic carboxylic acids is 1. The highest BCUT2D eigenvalue weighted by Gasteiger charge is 2.38.